The molecule has 0 saturated heterocycles. The van der Waals surface area contributed by atoms with Crippen molar-refractivity contribution >= 4 is 67.7 Å². The number of nitrogens with one attached hydrogen (secondary N) is 3. The topological polar surface area (TPSA) is 69.8 Å². The molecule has 0 aliphatic carbocycles. The summed E-state index contributed by atoms with van der Waals surface area (Å²) in [6.07, 6.45) is -4.51. The quantitative estimate of drug-likeness (QED) is 0.241. The van der Waals surface area contributed by atoms with Gasteiger partial charge in [0.2, 0.25) is 5.95 Å². The number of fused-ring (bicyclic) bond motifs is 1. The zero-order valence-corrected chi connectivity index (χ0v) is 19.6. The molecule has 1 heterocycles. The van der Waals surface area contributed by atoms with E-state index in [2.05, 4.69) is 36.5 Å². The molecule has 11 heteroatoms. The number of hydrogen-bond donors (Lipinski definition) is 3. The Kier molecular flexibility index (Phi) is 6.56. The molecule has 1 amide bonds. The SMILES string of the molecule is O=C(NCc1ccccc1C(F)(F)F)c1cc(Br)c2[nH]c(Nc3c(Cl)cccc3Cl)nc2c1. The van der Waals surface area contributed by atoms with Gasteiger partial charge in [0.05, 0.1) is 32.3 Å². The Balaban J connectivity index is 1.56. The Hall–Kier alpha value is -2.75. The number of H-pyrrole nitrogens is 1. The van der Waals surface area contributed by atoms with Gasteiger partial charge in [0, 0.05) is 16.6 Å². The van der Waals surface area contributed by atoms with Gasteiger partial charge in [-0.25, -0.2) is 4.98 Å². The van der Waals surface area contributed by atoms with Crippen LogP contribution in [0.5, 0.6) is 0 Å². The van der Waals surface area contributed by atoms with Gasteiger partial charge in [-0.15, -0.1) is 0 Å². The Bertz CT molecular complexity index is 1340. The molecular weight excluding hydrogens is 544 g/mol. The highest BCUT2D eigenvalue weighted by Crippen LogP contribution is 2.34. The maximum atomic E-state index is 13.2. The van der Waals surface area contributed by atoms with E-state index in [1.54, 1.807) is 24.3 Å². The second kappa shape index (κ2) is 9.24. The van der Waals surface area contributed by atoms with E-state index in [4.69, 9.17) is 23.2 Å². The number of alkyl halides is 3. The molecule has 5 nitrogen and oxygen atoms in total. The Morgan fingerprint density at radius 2 is 1.76 bits per heavy atom. The van der Waals surface area contributed by atoms with Gasteiger partial charge in [0.15, 0.2) is 0 Å². The second-order valence-corrected chi connectivity index (χ2v) is 8.67. The van der Waals surface area contributed by atoms with E-state index >= 15 is 0 Å². The molecule has 170 valence electrons. The van der Waals surface area contributed by atoms with Crippen molar-refractivity contribution < 1.29 is 18.0 Å². The molecule has 3 N–H and O–H groups in total. The van der Waals surface area contributed by atoms with Crippen LogP contribution in [0.15, 0.2) is 59.1 Å². The van der Waals surface area contributed by atoms with Crippen molar-refractivity contribution in [3.63, 3.8) is 0 Å². The van der Waals surface area contributed by atoms with Crippen LogP contribution in [0.4, 0.5) is 24.8 Å². The van der Waals surface area contributed by atoms with Crippen molar-refractivity contribution in [1.82, 2.24) is 15.3 Å². The average Bonchev–Trinajstić information content (AvgIpc) is 3.17. The molecule has 33 heavy (non-hydrogen) atoms. The van der Waals surface area contributed by atoms with Gasteiger partial charge >= 0.3 is 6.18 Å². The van der Waals surface area contributed by atoms with Crippen LogP contribution in [0, 0.1) is 0 Å². The van der Waals surface area contributed by atoms with Gasteiger partial charge in [0.25, 0.3) is 5.91 Å². The molecule has 0 radical (unpaired) electrons. The Labute approximate surface area is 204 Å². The summed E-state index contributed by atoms with van der Waals surface area (Å²) in [6, 6.07) is 13.2. The molecule has 3 aromatic carbocycles. The summed E-state index contributed by atoms with van der Waals surface area (Å²) in [7, 11) is 0. The summed E-state index contributed by atoms with van der Waals surface area (Å²) in [4.78, 5) is 20.1. The summed E-state index contributed by atoms with van der Waals surface area (Å²) in [5.41, 5.74) is 0.949. The van der Waals surface area contributed by atoms with Crippen molar-refractivity contribution in [3.8, 4) is 0 Å². The Morgan fingerprint density at radius 3 is 2.45 bits per heavy atom. The van der Waals surface area contributed by atoms with Gasteiger partial charge in [-0.2, -0.15) is 13.2 Å². The van der Waals surface area contributed by atoms with Crippen LogP contribution in [0.25, 0.3) is 11.0 Å². The summed E-state index contributed by atoms with van der Waals surface area (Å²) >= 11 is 15.8. The highest BCUT2D eigenvalue weighted by molar-refractivity contribution is 9.10. The van der Waals surface area contributed by atoms with Crippen LogP contribution in [0.1, 0.15) is 21.5 Å². The van der Waals surface area contributed by atoms with Crippen LogP contribution in [0.3, 0.4) is 0 Å². The lowest BCUT2D eigenvalue weighted by Crippen LogP contribution is -2.24. The lowest BCUT2D eigenvalue weighted by atomic mass is 10.1. The highest BCUT2D eigenvalue weighted by Gasteiger charge is 2.32. The predicted molar refractivity (Wildman–Crippen MR) is 126 cm³/mol. The predicted octanol–water partition coefficient (Wildman–Crippen LogP) is 7.32. The van der Waals surface area contributed by atoms with E-state index in [0.717, 1.165) is 6.07 Å². The highest BCUT2D eigenvalue weighted by atomic mass is 79.9. The third-order valence-electron chi connectivity index (χ3n) is 4.78. The van der Waals surface area contributed by atoms with Crippen LogP contribution in [-0.2, 0) is 12.7 Å². The largest absolute Gasteiger partial charge is 0.416 e. The van der Waals surface area contributed by atoms with Gasteiger partial charge < -0.3 is 15.6 Å². The van der Waals surface area contributed by atoms with E-state index in [0.29, 0.717) is 37.2 Å². The van der Waals surface area contributed by atoms with Crippen molar-refractivity contribution in [3.05, 3.63) is 85.8 Å². The average molecular weight is 558 g/mol. The van der Waals surface area contributed by atoms with E-state index in [1.807, 2.05) is 0 Å². The minimum absolute atomic E-state index is 0.0265. The van der Waals surface area contributed by atoms with Crippen molar-refractivity contribution in [2.45, 2.75) is 12.7 Å². The fraction of sp³-hybridized carbons (Fsp3) is 0.0909. The summed E-state index contributed by atoms with van der Waals surface area (Å²) in [5, 5.41) is 6.36. The monoisotopic (exact) mass is 556 g/mol. The maximum absolute atomic E-state index is 13.2. The number of carbonyl (C=O) groups excluding carboxylic acids is 1. The van der Waals surface area contributed by atoms with E-state index < -0.39 is 17.6 Å². The number of carbonyl (C=O) groups is 1. The third-order valence-corrected chi connectivity index (χ3v) is 6.03. The fourth-order valence-corrected chi connectivity index (χ4v) is 4.27. The number of aromatic nitrogens is 2. The van der Waals surface area contributed by atoms with Gasteiger partial charge in [-0.1, -0.05) is 47.5 Å². The second-order valence-electron chi connectivity index (χ2n) is 7.00. The first-order chi connectivity index (χ1) is 15.6. The van der Waals surface area contributed by atoms with Crippen LogP contribution in [0.2, 0.25) is 10.0 Å². The molecule has 4 aromatic rings. The number of rotatable bonds is 5. The molecule has 0 saturated carbocycles. The molecule has 4 rings (SSSR count). The van der Waals surface area contributed by atoms with Crippen molar-refractivity contribution in [2.24, 2.45) is 0 Å². The standard InChI is InChI=1S/C22H14BrCl2F3N4O/c23-14-8-12(20(33)29-10-11-4-1-2-5-13(11)22(26,27)28)9-17-18(14)31-21(30-17)32-19-15(24)6-3-7-16(19)25/h1-9H,10H2,(H,29,33)(H2,30,31,32). The molecule has 0 aliphatic rings. The molecule has 0 bridgehead atoms. The van der Waals surface area contributed by atoms with Gasteiger partial charge in [-0.3, -0.25) is 4.79 Å². The zero-order valence-electron chi connectivity index (χ0n) is 16.5. The number of para-hydroxylation sites is 1. The summed E-state index contributed by atoms with van der Waals surface area (Å²) in [6.45, 7) is -0.275. The van der Waals surface area contributed by atoms with Crippen molar-refractivity contribution in [1.29, 1.82) is 0 Å². The normalized spacial score (nSPS) is 11.6. The van der Waals surface area contributed by atoms with Gasteiger partial charge in [-0.05, 0) is 51.8 Å². The lowest BCUT2D eigenvalue weighted by Gasteiger charge is -2.13. The van der Waals surface area contributed by atoms with Crippen LogP contribution < -0.4 is 10.6 Å². The van der Waals surface area contributed by atoms with E-state index in [1.165, 1.54) is 24.3 Å². The number of hydrogen-bond acceptors (Lipinski definition) is 3. The summed E-state index contributed by atoms with van der Waals surface area (Å²) in [5.74, 6) is -0.196. The molecule has 0 atom stereocenters. The molecule has 0 fully saturated rings. The van der Waals surface area contributed by atoms with Gasteiger partial charge in [0.1, 0.15) is 0 Å². The number of anilines is 2. The molecule has 0 unspecified atom stereocenters. The van der Waals surface area contributed by atoms with E-state index in [9.17, 15) is 18.0 Å². The van der Waals surface area contributed by atoms with Crippen LogP contribution in [-0.4, -0.2) is 15.9 Å². The number of halogens is 6. The first-order valence-corrected chi connectivity index (χ1v) is 11.0. The first-order valence-electron chi connectivity index (χ1n) is 9.47. The molecule has 0 spiro atoms. The molecular formula is C22H14BrCl2F3N4O. The minimum Gasteiger partial charge on any atom is -0.348 e. The molecule has 0 aliphatic heterocycles. The third kappa shape index (κ3) is 5.10. The number of amides is 1. The van der Waals surface area contributed by atoms with E-state index in [-0.39, 0.29) is 17.7 Å². The number of aromatic amines is 1. The van der Waals surface area contributed by atoms with Crippen LogP contribution >= 0.6 is 39.1 Å². The minimum atomic E-state index is -4.51. The van der Waals surface area contributed by atoms with Crippen molar-refractivity contribution in [2.75, 3.05) is 5.32 Å². The number of imidazole rings is 1. The summed E-state index contributed by atoms with van der Waals surface area (Å²) < 4.78 is 40.1. The smallest absolute Gasteiger partial charge is 0.348 e. The molecule has 1 aromatic heterocycles. The Morgan fingerprint density at radius 1 is 1.06 bits per heavy atom. The number of nitrogens with zero attached hydrogens (tertiary/aromatic N) is 1. The number of benzene rings is 3. The zero-order chi connectivity index (χ0) is 23.8. The first kappa shape index (κ1) is 23.4. The fourth-order valence-electron chi connectivity index (χ4n) is 3.23. The lowest BCUT2D eigenvalue weighted by molar-refractivity contribution is -0.138. The maximum Gasteiger partial charge on any atom is 0.416 e.